The maximum atomic E-state index is 10.5. The van der Waals surface area contributed by atoms with Gasteiger partial charge in [0.1, 0.15) is 6.10 Å². The molecule has 0 fully saturated rings. The average molecular weight is 145 g/mol. The predicted octanol–water partition coefficient (Wildman–Crippen LogP) is 0.269. The molecule has 0 aromatic heterocycles. The number of aliphatic hydroxyl groups is 1. The van der Waals surface area contributed by atoms with E-state index in [9.17, 15) is 9.90 Å². The molecule has 60 valence electrons. The van der Waals surface area contributed by atoms with Crippen molar-refractivity contribution in [2.75, 3.05) is 0 Å². The highest BCUT2D eigenvalue weighted by Gasteiger charge is 2.29. The number of carbonyl (C=O) groups excluding carboxylic acids is 1. The molecule has 3 N–H and O–H groups in total. The lowest BCUT2D eigenvalue weighted by atomic mass is 9.83. The van der Waals surface area contributed by atoms with Crippen molar-refractivity contribution >= 4 is 5.91 Å². The summed E-state index contributed by atoms with van der Waals surface area (Å²) in [5.41, 5.74) is 4.51. The number of nitrogens with two attached hydrogens (primary N) is 1. The Balaban J connectivity index is 4.17. The van der Waals surface area contributed by atoms with Gasteiger partial charge >= 0.3 is 0 Å². The van der Waals surface area contributed by atoms with E-state index in [2.05, 4.69) is 0 Å². The van der Waals surface area contributed by atoms with Gasteiger partial charge in [-0.3, -0.25) is 4.79 Å². The van der Waals surface area contributed by atoms with Gasteiger partial charge in [0.15, 0.2) is 0 Å². The van der Waals surface area contributed by atoms with Crippen LogP contribution in [-0.4, -0.2) is 17.1 Å². The number of hydrogen-bond acceptors (Lipinski definition) is 2. The van der Waals surface area contributed by atoms with Crippen molar-refractivity contribution < 1.29 is 9.90 Å². The minimum absolute atomic E-state index is 0.397. The van der Waals surface area contributed by atoms with Crippen LogP contribution >= 0.6 is 0 Å². The van der Waals surface area contributed by atoms with Gasteiger partial charge in [0.05, 0.1) is 0 Å². The van der Waals surface area contributed by atoms with Crippen molar-refractivity contribution in [2.24, 2.45) is 11.1 Å². The zero-order valence-corrected chi connectivity index (χ0v) is 6.72. The average Bonchev–Trinajstić information content (AvgIpc) is 1.86. The normalized spacial score (nSPS) is 14.8. The van der Waals surface area contributed by atoms with Gasteiger partial charge in [0.25, 0.3) is 0 Å². The summed E-state index contributed by atoms with van der Waals surface area (Å²) in [6.07, 6.45) is -0.297. The number of hydrogen-bond donors (Lipinski definition) is 2. The van der Waals surface area contributed by atoms with Gasteiger partial charge in [0.2, 0.25) is 5.91 Å². The lowest BCUT2D eigenvalue weighted by molar-refractivity contribution is -0.131. The number of rotatable bonds is 3. The number of carbonyl (C=O) groups is 1. The van der Waals surface area contributed by atoms with Gasteiger partial charge in [0, 0.05) is 0 Å². The molecule has 0 saturated carbocycles. The van der Waals surface area contributed by atoms with Crippen molar-refractivity contribution in [3.8, 4) is 0 Å². The predicted molar refractivity (Wildman–Crippen MR) is 39.3 cm³/mol. The smallest absolute Gasteiger partial charge is 0.246 e. The summed E-state index contributed by atoms with van der Waals surface area (Å²) in [6.45, 7) is 5.52. The number of aliphatic hydroxyl groups excluding tert-OH is 1. The van der Waals surface area contributed by atoms with E-state index in [1.165, 1.54) is 0 Å². The summed E-state index contributed by atoms with van der Waals surface area (Å²) >= 11 is 0. The standard InChI is InChI=1S/C7H15NO2/c1-4-7(2,3)5(9)6(8)10/h5,9H,4H2,1-3H3,(H2,8,10)/t5-/m0/s1. The summed E-state index contributed by atoms with van der Waals surface area (Å²) < 4.78 is 0. The zero-order chi connectivity index (χ0) is 8.36. The topological polar surface area (TPSA) is 63.3 Å². The molecule has 0 unspecified atom stereocenters. The molecule has 0 aromatic carbocycles. The van der Waals surface area contributed by atoms with Crippen LogP contribution in [0.4, 0.5) is 0 Å². The molecule has 3 heteroatoms. The Hall–Kier alpha value is -0.570. The highest BCUT2D eigenvalue weighted by molar-refractivity contribution is 5.79. The molecule has 3 nitrogen and oxygen atoms in total. The number of amides is 1. The molecule has 0 aliphatic heterocycles. The summed E-state index contributed by atoms with van der Waals surface area (Å²) in [4.78, 5) is 10.5. The van der Waals surface area contributed by atoms with Gasteiger partial charge in [-0.1, -0.05) is 20.8 Å². The SMILES string of the molecule is CCC(C)(C)[C@@H](O)C(N)=O. The van der Waals surface area contributed by atoms with Crippen LogP contribution < -0.4 is 5.73 Å². The maximum absolute atomic E-state index is 10.5. The fourth-order valence-electron chi connectivity index (χ4n) is 0.578. The first-order valence-corrected chi connectivity index (χ1v) is 3.39. The largest absolute Gasteiger partial charge is 0.383 e. The third-order valence-electron chi connectivity index (χ3n) is 1.92. The fourth-order valence-corrected chi connectivity index (χ4v) is 0.578. The van der Waals surface area contributed by atoms with E-state index >= 15 is 0 Å². The molecule has 0 aliphatic rings. The van der Waals surface area contributed by atoms with Gasteiger partial charge < -0.3 is 10.8 Å². The first-order valence-electron chi connectivity index (χ1n) is 3.39. The highest BCUT2D eigenvalue weighted by Crippen LogP contribution is 2.23. The molecule has 0 saturated heterocycles. The van der Waals surface area contributed by atoms with E-state index in [0.29, 0.717) is 0 Å². The van der Waals surface area contributed by atoms with Crippen molar-refractivity contribution in [2.45, 2.75) is 33.3 Å². The third-order valence-corrected chi connectivity index (χ3v) is 1.92. The van der Waals surface area contributed by atoms with Crippen molar-refractivity contribution in [1.29, 1.82) is 0 Å². The molecule has 1 amide bonds. The van der Waals surface area contributed by atoms with Crippen LogP contribution in [0.1, 0.15) is 27.2 Å². The van der Waals surface area contributed by atoms with Crippen molar-refractivity contribution in [3.05, 3.63) is 0 Å². The Morgan fingerprint density at radius 1 is 1.70 bits per heavy atom. The molecule has 10 heavy (non-hydrogen) atoms. The van der Waals surface area contributed by atoms with E-state index in [4.69, 9.17) is 5.73 Å². The van der Waals surface area contributed by atoms with Crippen molar-refractivity contribution in [1.82, 2.24) is 0 Å². The molecular formula is C7H15NO2. The van der Waals surface area contributed by atoms with Crippen LogP contribution in [0.2, 0.25) is 0 Å². The molecule has 1 atom stereocenters. The van der Waals surface area contributed by atoms with Crippen LogP contribution in [0.3, 0.4) is 0 Å². The fraction of sp³-hybridized carbons (Fsp3) is 0.857. The molecule has 0 rings (SSSR count). The quantitative estimate of drug-likeness (QED) is 0.598. The van der Waals surface area contributed by atoms with E-state index < -0.39 is 17.4 Å². The summed E-state index contributed by atoms with van der Waals surface area (Å²) in [5.74, 6) is -0.646. The van der Waals surface area contributed by atoms with E-state index in [-0.39, 0.29) is 0 Å². The Bertz CT molecular complexity index is 132. The molecule has 0 radical (unpaired) electrons. The van der Waals surface area contributed by atoms with Gasteiger partial charge in [-0.05, 0) is 11.8 Å². The minimum Gasteiger partial charge on any atom is -0.383 e. The van der Waals surface area contributed by atoms with Crippen LogP contribution in [-0.2, 0) is 4.79 Å². The van der Waals surface area contributed by atoms with Crippen LogP contribution in [0.5, 0.6) is 0 Å². The molecule has 0 spiro atoms. The Labute approximate surface area is 61.2 Å². The third kappa shape index (κ3) is 1.99. The first-order chi connectivity index (χ1) is 4.41. The molecule has 0 aliphatic carbocycles. The second kappa shape index (κ2) is 3.01. The van der Waals surface area contributed by atoms with Gasteiger partial charge in [-0.2, -0.15) is 0 Å². The monoisotopic (exact) mass is 145 g/mol. The Morgan fingerprint density at radius 2 is 2.10 bits per heavy atom. The molecular weight excluding hydrogens is 130 g/mol. The highest BCUT2D eigenvalue weighted by atomic mass is 16.3. The lowest BCUT2D eigenvalue weighted by Gasteiger charge is -2.26. The second-order valence-electron chi connectivity index (χ2n) is 3.15. The molecule has 0 aromatic rings. The van der Waals surface area contributed by atoms with E-state index in [1.54, 1.807) is 0 Å². The minimum atomic E-state index is -1.03. The van der Waals surface area contributed by atoms with Gasteiger partial charge in [-0.15, -0.1) is 0 Å². The van der Waals surface area contributed by atoms with Crippen LogP contribution in [0.25, 0.3) is 0 Å². The van der Waals surface area contributed by atoms with E-state index in [0.717, 1.165) is 6.42 Å². The zero-order valence-electron chi connectivity index (χ0n) is 6.72. The summed E-state index contributed by atoms with van der Waals surface area (Å²) in [5, 5.41) is 9.18. The lowest BCUT2D eigenvalue weighted by Crippen LogP contribution is -2.40. The first kappa shape index (κ1) is 9.43. The molecule has 0 bridgehead atoms. The van der Waals surface area contributed by atoms with Crippen LogP contribution in [0, 0.1) is 5.41 Å². The summed E-state index contributed by atoms with van der Waals surface area (Å²) in [6, 6.07) is 0. The Morgan fingerprint density at radius 3 is 2.20 bits per heavy atom. The summed E-state index contributed by atoms with van der Waals surface area (Å²) in [7, 11) is 0. The van der Waals surface area contributed by atoms with Crippen molar-refractivity contribution in [3.63, 3.8) is 0 Å². The maximum Gasteiger partial charge on any atom is 0.246 e. The van der Waals surface area contributed by atoms with Gasteiger partial charge in [-0.25, -0.2) is 0 Å². The number of primary amides is 1. The second-order valence-corrected chi connectivity index (χ2v) is 3.15. The van der Waals surface area contributed by atoms with Crippen LogP contribution in [0.15, 0.2) is 0 Å². The molecule has 0 heterocycles. The Kier molecular flexibility index (Phi) is 2.84. The van der Waals surface area contributed by atoms with E-state index in [1.807, 2.05) is 20.8 Å².